The highest BCUT2D eigenvalue weighted by atomic mass is 16.4. The quantitative estimate of drug-likeness (QED) is 0.690. The molecule has 0 radical (unpaired) electrons. The zero-order valence-electron chi connectivity index (χ0n) is 9.89. The fraction of sp³-hybridized carbons (Fsp3) is 0.556. The maximum atomic E-state index is 11.4. The number of hydrogen-bond donors (Lipinski definition) is 3. The van der Waals surface area contributed by atoms with Crippen LogP contribution in [0, 0.1) is 5.41 Å². The number of anilines is 1. The molecule has 0 saturated heterocycles. The van der Waals surface area contributed by atoms with Gasteiger partial charge in [-0.15, -0.1) is 0 Å². The smallest absolute Gasteiger partial charge is 0.321 e. The van der Waals surface area contributed by atoms with Crippen LogP contribution >= 0.6 is 0 Å². The van der Waals surface area contributed by atoms with Crippen LogP contribution in [-0.4, -0.2) is 38.4 Å². The highest BCUT2D eigenvalue weighted by Gasteiger charge is 2.27. The van der Waals surface area contributed by atoms with E-state index in [4.69, 9.17) is 5.11 Å². The van der Waals surface area contributed by atoms with Gasteiger partial charge in [-0.3, -0.25) is 10.1 Å². The van der Waals surface area contributed by atoms with E-state index in [0.29, 0.717) is 0 Å². The zero-order valence-corrected chi connectivity index (χ0v) is 9.89. The van der Waals surface area contributed by atoms with E-state index in [9.17, 15) is 9.59 Å². The molecule has 0 aliphatic rings. The van der Waals surface area contributed by atoms with E-state index in [-0.39, 0.29) is 12.5 Å². The molecule has 0 aliphatic heterocycles. The van der Waals surface area contributed by atoms with Gasteiger partial charge < -0.3 is 10.4 Å². The summed E-state index contributed by atoms with van der Waals surface area (Å²) in [5.74, 6) is -0.688. The first-order valence-electron chi connectivity index (χ1n) is 4.95. The molecule has 94 valence electrons. The molecule has 0 saturated carbocycles. The van der Waals surface area contributed by atoms with Crippen LogP contribution in [0.25, 0.3) is 0 Å². The largest absolute Gasteiger partial charge is 0.481 e. The predicted molar refractivity (Wildman–Crippen MR) is 59.4 cm³/mol. The number of rotatable bonds is 4. The van der Waals surface area contributed by atoms with Crippen LogP contribution < -0.4 is 10.6 Å². The third-order valence-corrected chi connectivity index (χ3v) is 2.21. The summed E-state index contributed by atoms with van der Waals surface area (Å²) in [5, 5.41) is 17.5. The Morgan fingerprint density at radius 1 is 1.53 bits per heavy atom. The van der Waals surface area contributed by atoms with Crippen molar-refractivity contribution in [1.82, 2.24) is 20.1 Å². The number of carboxylic acids is 1. The van der Waals surface area contributed by atoms with Crippen LogP contribution in [0.4, 0.5) is 10.7 Å². The van der Waals surface area contributed by atoms with Gasteiger partial charge in [0.25, 0.3) is 0 Å². The van der Waals surface area contributed by atoms with Crippen molar-refractivity contribution < 1.29 is 14.7 Å². The number of urea groups is 1. The summed E-state index contributed by atoms with van der Waals surface area (Å²) in [6, 6.07) is -0.518. The molecule has 17 heavy (non-hydrogen) atoms. The Kier molecular flexibility index (Phi) is 3.66. The van der Waals surface area contributed by atoms with Gasteiger partial charge in [-0.1, -0.05) is 0 Å². The van der Waals surface area contributed by atoms with E-state index in [1.54, 1.807) is 7.05 Å². The lowest BCUT2D eigenvalue weighted by atomic mass is 9.94. The minimum atomic E-state index is -1.02. The first kappa shape index (κ1) is 12.9. The Morgan fingerprint density at radius 3 is 2.65 bits per heavy atom. The standard InChI is InChI=1S/C9H15N5O3/c1-9(2,6(15)16)4-10-8(17)13-7-11-5-12-14(7)3/h5H,4H2,1-3H3,(H,15,16)(H2,10,11,12,13,17). The summed E-state index contributed by atoms with van der Waals surface area (Å²) >= 11 is 0. The number of aromatic nitrogens is 3. The van der Waals surface area contributed by atoms with Crippen molar-refractivity contribution in [3.8, 4) is 0 Å². The molecule has 8 heteroatoms. The highest BCUT2D eigenvalue weighted by Crippen LogP contribution is 2.13. The summed E-state index contributed by atoms with van der Waals surface area (Å²) in [6.07, 6.45) is 1.30. The van der Waals surface area contributed by atoms with Gasteiger partial charge in [0.2, 0.25) is 5.95 Å². The lowest BCUT2D eigenvalue weighted by molar-refractivity contribution is -0.146. The number of hydrogen-bond acceptors (Lipinski definition) is 4. The van der Waals surface area contributed by atoms with Gasteiger partial charge in [0.15, 0.2) is 0 Å². The molecule has 1 aromatic heterocycles. The Balaban J connectivity index is 2.47. The number of nitrogens with one attached hydrogen (secondary N) is 2. The minimum absolute atomic E-state index is 0.0199. The number of aliphatic carboxylic acids is 1. The van der Waals surface area contributed by atoms with E-state index in [1.165, 1.54) is 24.9 Å². The molecular formula is C9H15N5O3. The van der Waals surface area contributed by atoms with Crippen LogP contribution in [0.3, 0.4) is 0 Å². The number of carbonyl (C=O) groups excluding carboxylic acids is 1. The maximum Gasteiger partial charge on any atom is 0.321 e. The van der Waals surface area contributed by atoms with Crippen LogP contribution in [0.1, 0.15) is 13.8 Å². The Labute approximate surface area is 98.0 Å². The second-order valence-electron chi connectivity index (χ2n) is 4.20. The van der Waals surface area contributed by atoms with E-state index >= 15 is 0 Å². The van der Waals surface area contributed by atoms with E-state index in [1.807, 2.05) is 0 Å². The number of nitrogens with zero attached hydrogens (tertiary/aromatic N) is 3. The van der Waals surface area contributed by atoms with Gasteiger partial charge >= 0.3 is 12.0 Å². The van der Waals surface area contributed by atoms with Gasteiger partial charge in [0.1, 0.15) is 6.33 Å². The van der Waals surface area contributed by atoms with Crippen LogP contribution in [0.5, 0.6) is 0 Å². The number of aryl methyl sites for hydroxylation is 1. The van der Waals surface area contributed by atoms with E-state index in [2.05, 4.69) is 20.7 Å². The monoisotopic (exact) mass is 241 g/mol. The van der Waals surface area contributed by atoms with Crippen molar-refractivity contribution in [2.24, 2.45) is 12.5 Å². The van der Waals surface area contributed by atoms with Gasteiger partial charge in [-0.05, 0) is 13.8 Å². The van der Waals surface area contributed by atoms with Crippen LogP contribution in [0.15, 0.2) is 6.33 Å². The SMILES string of the molecule is Cn1ncnc1NC(=O)NCC(C)(C)C(=O)O. The van der Waals surface area contributed by atoms with Gasteiger partial charge in [0.05, 0.1) is 5.41 Å². The van der Waals surface area contributed by atoms with Crippen molar-refractivity contribution in [2.45, 2.75) is 13.8 Å². The highest BCUT2D eigenvalue weighted by molar-refractivity contribution is 5.87. The lowest BCUT2D eigenvalue weighted by Crippen LogP contribution is -2.41. The molecule has 0 unspecified atom stereocenters. The molecular weight excluding hydrogens is 226 g/mol. The molecule has 0 fully saturated rings. The van der Waals surface area contributed by atoms with Crippen LogP contribution in [0.2, 0.25) is 0 Å². The average molecular weight is 241 g/mol. The van der Waals surface area contributed by atoms with Gasteiger partial charge in [0, 0.05) is 13.6 Å². The van der Waals surface area contributed by atoms with Gasteiger partial charge in [-0.25, -0.2) is 9.48 Å². The summed E-state index contributed by atoms with van der Waals surface area (Å²) in [5.41, 5.74) is -1.02. The molecule has 2 amide bonds. The van der Waals surface area contributed by atoms with Gasteiger partial charge in [-0.2, -0.15) is 10.1 Å². The molecule has 1 heterocycles. The summed E-state index contributed by atoms with van der Waals surface area (Å²) in [4.78, 5) is 26.0. The minimum Gasteiger partial charge on any atom is -0.481 e. The molecule has 8 nitrogen and oxygen atoms in total. The topological polar surface area (TPSA) is 109 Å². The maximum absolute atomic E-state index is 11.4. The van der Waals surface area contributed by atoms with E-state index < -0.39 is 17.4 Å². The normalized spacial score (nSPS) is 11.0. The Bertz CT molecular complexity index is 426. The molecule has 0 atom stereocenters. The van der Waals surface area contributed by atoms with Crippen molar-refractivity contribution in [2.75, 3.05) is 11.9 Å². The van der Waals surface area contributed by atoms with Crippen molar-refractivity contribution in [3.63, 3.8) is 0 Å². The summed E-state index contributed by atoms with van der Waals surface area (Å²) in [7, 11) is 1.63. The molecule has 1 aromatic rings. The molecule has 0 bridgehead atoms. The average Bonchev–Trinajstić information content (AvgIpc) is 2.61. The van der Waals surface area contributed by atoms with Crippen molar-refractivity contribution in [1.29, 1.82) is 0 Å². The fourth-order valence-corrected chi connectivity index (χ4v) is 0.932. The summed E-state index contributed by atoms with van der Waals surface area (Å²) < 4.78 is 1.39. The molecule has 0 spiro atoms. The van der Waals surface area contributed by atoms with E-state index in [0.717, 1.165) is 0 Å². The first-order valence-corrected chi connectivity index (χ1v) is 4.95. The third kappa shape index (κ3) is 3.44. The molecule has 3 N–H and O–H groups in total. The molecule has 0 aliphatic carbocycles. The Morgan fingerprint density at radius 2 is 2.18 bits per heavy atom. The summed E-state index contributed by atoms with van der Waals surface area (Å²) in [6.45, 7) is 3.07. The second-order valence-corrected chi connectivity index (χ2v) is 4.20. The van der Waals surface area contributed by atoms with Crippen molar-refractivity contribution in [3.05, 3.63) is 6.33 Å². The number of carbonyl (C=O) groups is 2. The molecule has 1 rings (SSSR count). The van der Waals surface area contributed by atoms with Crippen LogP contribution in [-0.2, 0) is 11.8 Å². The zero-order chi connectivity index (χ0) is 13.1. The second kappa shape index (κ2) is 4.81. The molecule has 0 aromatic carbocycles. The Hall–Kier alpha value is -2.12. The predicted octanol–water partition coefficient (Wildman–Crippen LogP) is 0.0474. The number of carboxylic acid groups (broad SMARTS) is 1. The van der Waals surface area contributed by atoms with Crippen molar-refractivity contribution >= 4 is 17.9 Å². The lowest BCUT2D eigenvalue weighted by Gasteiger charge is -2.19. The fourth-order valence-electron chi connectivity index (χ4n) is 0.932. The third-order valence-electron chi connectivity index (χ3n) is 2.21. The first-order chi connectivity index (χ1) is 7.83. The number of amides is 2.